The molecular formula is C20H27N5O4S. The molecule has 10 heteroatoms. The summed E-state index contributed by atoms with van der Waals surface area (Å²) in [5.41, 5.74) is 11.4. The van der Waals surface area contributed by atoms with Gasteiger partial charge in [0, 0.05) is 12.2 Å². The molecule has 0 unspecified atom stereocenters. The predicted molar refractivity (Wildman–Crippen MR) is 117 cm³/mol. The van der Waals surface area contributed by atoms with Gasteiger partial charge in [0.25, 0.3) is 11.8 Å². The number of benzene rings is 1. The summed E-state index contributed by atoms with van der Waals surface area (Å²) in [6.07, 6.45) is 0.826. The molecule has 0 bridgehead atoms. The second-order valence-electron chi connectivity index (χ2n) is 6.99. The molecule has 0 saturated carbocycles. The summed E-state index contributed by atoms with van der Waals surface area (Å²) < 4.78 is 9.30. The molecule has 30 heavy (non-hydrogen) atoms. The Bertz CT molecular complexity index is 895. The lowest BCUT2D eigenvalue weighted by Crippen LogP contribution is -2.41. The fraction of sp³-hybridized carbons (Fsp3) is 0.400. The lowest BCUT2D eigenvalue weighted by molar-refractivity contribution is -0.119. The van der Waals surface area contributed by atoms with Gasteiger partial charge in [-0.3, -0.25) is 19.3 Å². The molecule has 2 aromatic rings. The van der Waals surface area contributed by atoms with Crippen LogP contribution in [0.1, 0.15) is 47.4 Å². The van der Waals surface area contributed by atoms with Gasteiger partial charge in [0.2, 0.25) is 5.91 Å². The fourth-order valence-corrected chi connectivity index (χ4v) is 3.38. The van der Waals surface area contributed by atoms with Crippen LogP contribution >= 0.6 is 11.5 Å². The summed E-state index contributed by atoms with van der Waals surface area (Å²) in [6, 6.07) is 6.77. The van der Waals surface area contributed by atoms with Gasteiger partial charge in [0.15, 0.2) is 5.69 Å². The zero-order chi connectivity index (χ0) is 22.3. The van der Waals surface area contributed by atoms with Gasteiger partial charge in [-0.1, -0.05) is 13.8 Å². The smallest absolute Gasteiger partial charge is 0.272 e. The highest BCUT2D eigenvalue weighted by Gasteiger charge is 2.27. The van der Waals surface area contributed by atoms with Crippen molar-refractivity contribution in [1.29, 1.82) is 0 Å². The number of nitrogens with zero attached hydrogens (tertiary/aromatic N) is 2. The van der Waals surface area contributed by atoms with Crippen LogP contribution in [0.3, 0.4) is 0 Å². The standard InChI is InChI=1S/C20H27N5O4S/c1-4-29-14-7-5-13(6-8-14)25(11-15(26)23-10-9-12(2)3)20(28)18-16(21)17(19(22)27)24-30-18/h5-8,12H,4,9-11,21H2,1-3H3,(H2,22,27)(H,23,26). The molecule has 5 N–H and O–H groups in total. The van der Waals surface area contributed by atoms with Crippen molar-refractivity contribution in [1.82, 2.24) is 9.69 Å². The van der Waals surface area contributed by atoms with E-state index in [4.69, 9.17) is 16.2 Å². The summed E-state index contributed by atoms with van der Waals surface area (Å²) in [5.74, 6) is -0.583. The molecule has 0 radical (unpaired) electrons. The summed E-state index contributed by atoms with van der Waals surface area (Å²) in [4.78, 5) is 38.4. The van der Waals surface area contributed by atoms with Crippen molar-refractivity contribution in [2.45, 2.75) is 27.2 Å². The van der Waals surface area contributed by atoms with E-state index in [1.54, 1.807) is 24.3 Å². The molecule has 0 atom stereocenters. The minimum atomic E-state index is -0.818. The minimum absolute atomic E-state index is 0.0488. The van der Waals surface area contributed by atoms with E-state index in [2.05, 4.69) is 23.5 Å². The fourth-order valence-electron chi connectivity index (χ4n) is 2.62. The maximum Gasteiger partial charge on any atom is 0.272 e. The van der Waals surface area contributed by atoms with Crippen LogP contribution in [0.15, 0.2) is 24.3 Å². The number of carbonyl (C=O) groups excluding carboxylic acids is 3. The zero-order valence-electron chi connectivity index (χ0n) is 17.3. The molecule has 9 nitrogen and oxygen atoms in total. The van der Waals surface area contributed by atoms with Crippen molar-refractivity contribution in [2.75, 3.05) is 30.3 Å². The molecular weight excluding hydrogens is 406 g/mol. The number of nitrogens with two attached hydrogens (primary N) is 2. The predicted octanol–water partition coefficient (Wildman–Crippen LogP) is 2.03. The van der Waals surface area contributed by atoms with Crippen LogP contribution in [0.2, 0.25) is 0 Å². The van der Waals surface area contributed by atoms with Crippen LogP contribution in [0.5, 0.6) is 5.75 Å². The monoisotopic (exact) mass is 433 g/mol. The summed E-state index contributed by atoms with van der Waals surface area (Å²) in [6.45, 7) is 6.79. The number of ether oxygens (including phenoxy) is 1. The first-order valence-electron chi connectivity index (χ1n) is 9.60. The molecule has 1 aromatic carbocycles. The van der Waals surface area contributed by atoms with E-state index in [1.807, 2.05) is 6.92 Å². The van der Waals surface area contributed by atoms with Crippen LogP contribution in [0, 0.1) is 5.92 Å². The number of anilines is 2. The van der Waals surface area contributed by atoms with E-state index in [9.17, 15) is 14.4 Å². The van der Waals surface area contributed by atoms with Crippen molar-refractivity contribution in [3.63, 3.8) is 0 Å². The van der Waals surface area contributed by atoms with E-state index in [0.29, 0.717) is 30.5 Å². The number of nitrogens with one attached hydrogen (secondary N) is 1. The van der Waals surface area contributed by atoms with E-state index in [-0.39, 0.29) is 28.7 Å². The minimum Gasteiger partial charge on any atom is -0.494 e. The van der Waals surface area contributed by atoms with Gasteiger partial charge in [0.1, 0.15) is 17.2 Å². The van der Waals surface area contributed by atoms with Crippen LogP contribution in [0.4, 0.5) is 11.4 Å². The quantitative estimate of drug-likeness (QED) is 0.524. The zero-order valence-corrected chi connectivity index (χ0v) is 18.1. The van der Waals surface area contributed by atoms with Crippen molar-refractivity contribution in [3.8, 4) is 5.75 Å². The number of aromatic nitrogens is 1. The molecule has 0 spiro atoms. The highest BCUT2D eigenvalue weighted by molar-refractivity contribution is 7.09. The molecule has 162 valence electrons. The molecule has 1 heterocycles. The Morgan fingerprint density at radius 3 is 2.43 bits per heavy atom. The van der Waals surface area contributed by atoms with E-state index in [0.717, 1.165) is 18.0 Å². The Hall–Kier alpha value is -3.14. The molecule has 1 aromatic heterocycles. The summed E-state index contributed by atoms with van der Waals surface area (Å²) in [7, 11) is 0. The molecule has 0 fully saturated rings. The highest BCUT2D eigenvalue weighted by Crippen LogP contribution is 2.27. The lowest BCUT2D eigenvalue weighted by Gasteiger charge is -2.22. The van der Waals surface area contributed by atoms with Gasteiger partial charge in [-0.2, -0.15) is 4.37 Å². The first kappa shape index (κ1) is 23.1. The molecule has 3 amide bonds. The Morgan fingerprint density at radius 1 is 1.23 bits per heavy atom. The molecule has 0 aliphatic heterocycles. The van der Waals surface area contributed by atoms with Gasteiger partial charge in [0.05, 0.1) is 12.3 Å². The summed E-state index contributed by atoms with van der Waals surface area (Å²) >= 11 is 0.772. The molecule has 0 saturated heterocycles. The number of hydrogen-bond acceptors (Lipinski definition) is 7. The van der Waals surface area contributed by atoms with Crippen LogP contribution < -0.4 is 26.4 Å². The van der Waals surface area contributed by atoms with Crippen LogP contribution in [-0.2, 0) is 4.79 Å². The SMILES string of the molecule is CCOc1ccc(N(CC(=O)NCCC(C)C)C(=O)c2snc(C(N)=O)c2N)cc1. The van der Waals surface area contributed by atoms with E-state index in [1.165, 1.54) is 4.90 Å². The van der Waals surface area contributed by atoms with Crippen molar-refractivity contribution >= 4 is 40.6 Å². The number of primary amides is 1. The van der Waals surface area contributed by atoms with Gasteiger partial charge in [-0.15, -0.1) is 0 Å². The normalized spacial score (nSPS) is 10.7. The second-order valence-corrected chi connectivity index (χ2v) is 7.76. The highest BCUT2D eigenvalue weighted by atomic mass is 32.1. The Balaban J connectivity index is 2.29. The van der Waals surface area contributed by atoms with Gasteiger partial charge >= 0.3 is 0 Å². The van der Waals surface area contributed by atoms with E-state index < -0.39 is 11.8 Å². The Labute approximate surface area is 179 Å². The van der Waals surface area contributed by atoms with E-state index >= 15 is 0 Å². The van der Waals surface area contributed by atoms with Crippen molar-refractivity contribution in [2.24, 2.45) is 11.7 Å². The van der Waals surface area contributed by atoms with Crippen LogP contribution in [-0.4, -0.2) is 41.8 Å². The van der Waals surface area contributed by atoms with Gasteiger partial charge < -0.3 is 21.5 Å². The average molecular weight is 434 g/mol. The second kappa shape index (κ2) is 10.6. The number of carbonyl (C=O) groups is 3. The molecule has 2 rings (SSSR count). The largest absolute Gasteiger partial charge is 0.494 e. The van der Waals surface area contributed by atoms with Gasteiger partial charge in [-0.05, 0) is 55.1 Å². The van der Waals surface area contributed by atoms with Gasteiger partial charge in [-0.25, -0.2) is 0 Å². The maximum absolute atomic E-state index is 13.2. The Kier molecular flexibility index (Phi) is 8.16. The first-order chi connectivity index (χ1) is 14.2. The Morgan fingerprint density at radius 2 is 1.90 bits per heavy atom. The number of amides is 3. The summed E-state index contributed by atoms with van der Waals surface area (Å²) in [5, 5.41) is 2.82. The third-order valence-electron chi connectivity index (χ3n) is 4.21. The van der Waals surface area contributed by atoms with Crippen molar-refractivity contribution < 1.29 is 19.1 Å². The molecule has 0 aliphatic carbocycles. The first-order valence-corrected chi connectivity index (χ1v) is 10.4. The number of rotatable bonds is 10. The third-order valence-corrected chi connectivity index (χ3v) is 5.06. The average Bonchev–Trinajstić information content (AvgIpc) is 3.08. The lowest BCUT2D eigenvalue weighted by atomic mass is 10.1. The number of nitrogen functional groups attached to an aromatic ring is 1. The number of hydrogen-bond donors (Lipinski definition) is 3. The van der Waals surface area contributed by atoms with Crippen molar-refractivity contribution in [3.05, 3.63) is 34.8 Å². The maximum atomic E-state index is 13.2. The molecule has 0 aliphatic rings. The third kappa shape index (κ3) is 5.93. The topological polar surface area (TPSA) is 141 Å². The van der Waals surface area contributed by atoms with Crippen LogP contribution in [0.25, 0.3) is 0 Å².